The number of aromatic nitrogens is 1. The molecule has 0 aliphatic heterocycles. The van der Waals surface area contributed by atoms with Crippen LogP contribution >= 0.6 is 0 Å². The van der Waals surface area contributed by atoms with Gasteiger partial charge < -0.3 is 15.6 Å². The van der Waals surface area contributed by atoms with E-state index in [0.717, 1.165) is 44.2 Å². The molecule has 146 valence electrons. The number of H-pyrrole nitrogens is 1. The Morgan fingerprint density at radius 1 is 1.04 bits per heavy atom. The van der Waals surface area contributed by atoms with Crippen LogP contribution in [0.4, 0.5) is 0 Å². The maximum Gasteiger partial charge on any atom is 0.223 e. The Kier molecular flexibility index (Phi) is 6.54. The van der Waals surface area contributed by atoms with Gasteiger partial charge in [-0.25, -0.2) is 0 Å². The Hall–Kier alpha value is -2.30. The van der Waals surface area contributed by atoms with Crippen LogP contribution in [0.2, 0.25) is 0 Å². The van der Waals surface area contributed by atoms with E-state index >= 15 is 0 Å². The molecule has 0 spiro atoms. The summed E-state index contributed by atoms with van der Waals surface area (Å²) in [6.07, 6.45) is 6.08. The van der Waals surface area contributed by atoms with Gasteiger partial charge in [0.25, 0.3) is 0 Å². The van der Waals surface area contributed by atoms with E-state index < -0.39 is 0 Å². The average Bonchev–Trinajstić information content (AvgIpc) is 3.09. The lowest BCUT2D eigenvalue weighted by Crippen LogP contribution is -2.38. The van der Waals surface area contributed by atoms with Crippen LogP contribution in [0.1, 0.15) is 45.1 Å². The van der Waals surface area contributed by atoms with Crippen LogP contribution in [-0.2, 0) is 16.0 Å². The second-order valence-electron chi connectivity index (χ2n) is 8.09. The van der Waals surface area contributed by atoms with Gasteiger partial charge in [0.1, 0.15) is 0 Å². The van der Waals surface area contributed by atoms with Crippen molar-refractivity contribution in [3.63, 3.8) is 0 Å². The normalized spacial score (nSPS) is 20.0. The zero-order chi connectivity index (χ0) is 19.2. The molecule has 0 unspecified atom stereocenters. The molecule has 2 aromatic rings. The molecule has 1 heterocycles. The number of aromatic amines is 1. The number of rotatable bonds is 7. The molecule has 5 heteroatoms. The fraction of sp³-hybridized carbons (Fsp3) is 0.545. The van der Waals surface area contributed by atoms with E-state index in [2.05, 4.69) is 41.6 Å². The predicted molar refractivity (Wildman–Crippen MR) is 108 cm³/mol. The van der Waals surface area contributed by atoms with Gasteiger partial charge in [0, 0.05) is 42.0 Å². The van der Waals surface area contributed by atoms with E-state index in [1.165, 1.54) is 10.9 Å². The Bertz CT molecular complexity index is 773. The third-order valence-corrected chi connectivity index (χ3v) is 5.52. The van der Waals surface area contributed by atoms with Gasteiger partial charge in [0.2, 0.25) is 11.8 Å². The summed E-state index contributed by atoms with van der Waals surface area (Å²) < 4.78 is 0. The van der Waals surface area contributed by atoms with Crippen molar-refractivity contribution in [1.29, 1.82) is 0 Å². The molecule has 2 amide bonds. The maximum absolute atomic E-state index is 12.5. The minimum Gasteiger partial charge on any atom is -0.361 e. The first-order valence-electron chi connectivity index (χ1n) is 10.1. The lowest BCUT2D eigenvalue weighted by atomic mass is 9.81. The quantitative estimate of drug-likeness (QED) is 0.700. The highest BCUT2D eigenvalue weighted by Crippen LogP contribution is 2.29. The SMILES string of the molecule is CC(C)CNC(=O)C1CCC(C(=O)NCCc2c[nH]c3ccccc23)CC1. The lowest BCUT2D eigenvalue weighted by molar-refractivity contribution is -0.130. The van der Waals surface area contributed by atoms with Crippen molar-refractivity contribution in [3.8, 4) is 0 Å². The van der Waals surface area contributed by atoms with Crippen molar-refractivity contribution in [1.82, 2.24) is 15.6 Å². The number of carbonyl (C=O) groups excluding carboxylic acids is 2. The second kappa shape index (κ2) is 9.07. The third kappa shape index (κ3) is 5.12. The Balaban J connectivity index is 1.40. The zero-order valence-electron chi connectivity index (χ0n) is 16.4. The number of para-hydroxylation sites is 1. The Morgan fingerprint density at radius 3 is 2.33 bits per heavy atom. The smallest absolute Gasteiger partial charge is 0.223 e. The minimum absolute atomic E-state index is 0.0436. The highest BCUT2D eigenvalue weighted by atomic mass is 16.2. The second-order valence-corrected chi connectivity index (χ2v) is 8.09. The summed E-state index contributed by atoms with van der Waals surface area (Å²) in [6.45, 7) is 5.57. The molecule has 5 nitrogen and oxygen atoms in total. The van der Waals surface area contributed by atoms with Crippen molar-refractivity contribution < 1.29 is 9.59 Å². The van der Waals surface area contributed by atoms with Crippen LogP contribution in [0.15, 0.2) is 30.5 Å². The van der Waals surface area contributed by atoms with Gasteiger partial charge in [0.15, 0.2) is 0 Å². The largest absolute Gasteiger partial charge is 0.361 e. The maximum atomic E-state index is 12.5. The molecule has 0 saturated heterocycles. The van der Waals surface area contributed by atoms with E-state index in [1.54, 1.807) is 0 Å². The van der Waals surface area contributed by atoms with Gasteiger partial charge in [-0.2, -0.15) is 0 Å². The molecule has 1 aromatic heterocycles. The van der Waals surface area contributed by atoms with Gasteiger partial charge in [-0.15, -0.1) is 0 Å². The molecule has 1 aromatic carbocycles. The van der Waals surface area contributed by atoms with Crippen molar-refractivity contribution in [3.05, 3.63) is 36.0 Å². The Morgan fingerprint density at radius 2 is 1.67 bits per heavy atom. The topological polar surface area (TPSA) is 74.0 Å². The summed E-state index contributed by atoms with van der Waals surface area (Å²) in [5.74, 6) is 0.868. The molecule has 1 aliphatic rings. The number of carbonyl (C=O) groups is 2. The molecule has 1 saturated carbocycles. The molecular formula is C22H31N3O2. The van der Waals surface area contributed by atoms with Crippen molar-refractivity contribution in [2.45, 2.75) is 46.0 Å². The highest BCUT2D eigenvalue weighted by Gasteiger charge is 2.29. The monoisotopic (exact) mass is 369 g/mol. The predicted octanol–water partition coefficient (Wildman–Crippen LogP) is 3.41. The number of nitrogens with one attached hydrogen (secondary N) is 3. The van der Waals surface area contributed by atoms with Gasteiger partial charge in [0.05, 0.1) is 0 Å². The first-order valence-corrected chi connectivity index (χ1v) is 10.1. The van der Waals surface area contributed by atoms with Crippen molar-refractivity contribution in [2.24, 2.45) is 17.8 Å². The Labute approximate surface area is 161 Å². The molecule has 1 aliphatic carbocycles. The van der Waals surface area contributed by atoms with Crippen LogP contribution in [0.5, 0.6) is 0 Å². The molecule has 0 radical (unpaired) electrons. The van der Waals surface area contributed by atoms with E-state index in [1.807, 2.05) is 18.3 Å². The van der Waals surface area contributed by atoms with E-state index in [-0.39, 0.29) is 23.7 Å². The third-order valence-electron chi connectivity index (χ3n) is 5.52. The van der Waals surface area contributed by atoms with Crippen LogP contribution in [0.3, 0.4) is 0 Å². The number of hydrogen-bond acceptors (Lipinski definition) is 2. The van der Waals surface area contributed by atoms with Gasteiger partial charge >= 0.3 is 0 Å². The van der Waals surface area contributed by atoms with E-state index in [9.17, 15) is 9.59 Å². The van der Waals surface area contributed by atoms with Crippen LogP contribution < -0.4 is 10.6 Å². The number of amides is 2. The summed E-state index contributed by atoms with van der Waals surface area (Å²) >= 11 is 0. The summed E-state index contributed by atoms with van der Waals surface area (Å²) in [7, 11) is 0. The summed E-state index contributed by atoms with van der Waals surface area (Å²) in [5.41, 5.74) is 2.37. The van der Waals surface area contributed by atoms with Gasteiger partial charge in [-0.05, 0) is 49.7 Å². The fourth-order valence-corrected chi connectivity index (χ4v) is 3.87. The number of benzene rings is 1. The fourth-order valence-electron chi connectivity index (χ4n) is 3.87. The standard InChI is InChI=1S/C22H31N3O2/c1-15(2)13-25-22(27)17-9-7-16(8-10-17)21(26)23-12-11-18-14-24-20-6-4-3-5-19(18)20/h3-6,14-17,24H,7-13H2,1-2H3,(H,23,26)(H,25,27). The molecule has 0 bridgehead atoms. The van der Waals surface area contributed by atoms with Crippen LogP contribution in [0.25, 0.3) is 10.9 Å². The molecule has 3 N–H and O–H groups in total. The van der Waals surface area contributed by atoms with Crippen molar-refractivity contribution in [2.75, 3.05) is 13.1 Å². The first-order chi connectivity index (χ1) is 13.0. The van der Waals surface area contributed by atoms with Gasteiger partial charge in [-0.3, -0.25) is 9.59 Å². The van der Waals surface area contributed by atoms with Crippen LogP contribution in [-0.4, -0.2) is 29.9 Å². The van der Waals surface area contributed by atoms with Gasteiger partial charge in [-0.1, -0.05) is 32.0 Å². The average molecular weight is 370 g/mol. The number of fused-ring (bicyclic) bond motifs is 1. The molecule has 0 atom stereocenters. The lowest BCUT2D eigenvalue weighted by Gasteiger charge is -2.27. The summed E-state index contributed by atoms with van der Waals surface area (Å²) in [5, 5.41) is 7.33. The minimum atomic E-state index is 0.0436. The highest BCUT2D eigenvalue weighted by molar-refractivity contribution is 5.83. The van der Waals surface area contributed by atoms with Crippen LogP contribution in [0, 0.1) is 17.8 Å². The number of hydrogen-bond donors (Lipinski definition) is 3. The van der Waals surface area contributed by atoms with E-state index in [0.29, 0.717) is 12.5 Å². The molecule has 3 rings (SSSR count). The first kappa shape index (κ1) is 19.5. The zero-order valence-corrected chi connectivity index (χ0v) is 16.4. The van der Waals surface area contributed by atoms with E-state index in [4.69, 9.17) is 0 Å². The summed E-state index contributed by atoms with van der Waals surface area (Å²) in [6, 6.07) is 8.22. The molecular weight excluding hydrogens is 338 g/mol. The summed E-state index contributed by atoms with van der Waals surface area (Å²) in [4.78, 5) is 27.9. The molecule has 1 fully saturated rings. The van der Waals surface area contributed by atoms with Crippen molar-refractivity contribution >= 4 is 22.7 Å². The molecule has 27 heavy (non-hydrogen) atoms.